The van der Waals surface area contributed by atoms with Crippen molar-refractivity contribution in [1.29, 1.82) is 0 Å². The second kappa shape index (κ2) is 7.65. The molecule has 1 unspecified atom stereocenters. The summed E-state index contributed by atoms with van der Waals surface area (Å²) in [5.74, 6) is 0.191. The Bertz CT molecular complexity index is 183. The van der Waals surface area contributed by atoms with Crippen molar-refractivity contribution in [2.24, 2.45) is 5.92 Å². The number of carbonyl (C=O) groups is 1. The van der Waals surface area contributed by atoms with Crippen LogP contribution in [0.25, 0.3) is 0 Å². The van der Waals surface area contributed by atoms with Crippen molar-refractivity contribution in [2.75, 3.05) is 33.8 Å². The summed E-state index contributed by atoms with van der Waals surface area (Å²) in [5.41, 5.74) is 0. The van der Waals surface area contributed by atoms with Crippen molar-refractivity contribution in [1.82, 2.24) is 10.2 Å². The molecule has 0 aromatic heterocycles. The number of nitrogens with one attached hydrogen (secondary N) is 1. The Morgan fingerprint density at radius 3 is 2.47 bits per heavy atom. The average molecular weight is 216 g/mol. The van der Waals surface area contributed by atoms with E-state index in [1.54, 1.807) is 4.90 Å². The summed E-state index contributed by atoms with van der Waals surface area (Å²) in [6.07, 6.45) is 0.225. The SMILES string of the molecule is CNCC(C)C(=O)N(C)CCOC(C)C. The minimum Gasteiger partial charge on any atom is -0.377 e. The third-order valence-corrected chi connectivity index (χ3v) is 2.19. The van der Waals surface area contributed by atoms with Crippen LogP contribution < -0.4 is 5.32 Å². The van der Waals surface area contributed by atoms with E-state index in [1.807, 2.05) is 34.9 Å². The monoisotopic (exact) mass is 216 g/mol. The molecule has 0 heterocycles. The van der Waals surface area contributed by atoms with Gasteiger partial charge in [0.2, 0.25) is 5.91 Å². The normalized spacial score (nSPS) is 12.9. The lowest BCUT2D eigenvalue weighted by Crippen LogP contribution is -2.37. The lowest BCUT2D eigenvalue weighted by molar-refractivity contribution is -0.134. The molecule has 0 aliphatic carbocycles. The lowest BCUT2D eigenvalue weighted by atomic mass is 10.1. The van der Waals surface area contributed by atoms with Gasteiger partial charge in [-0.25, -0.2) is 0 Å². The van der Waals surface area contributed by atoms with Crippen LogP contribution in [-0.4, -0.2) is 50.7 Å². The Hall–Kier alpha value is -0.610. The van der Waals surface area contributed by atoms with Gasteiger partial charge in [-0.15, -0.1) is 0 Å². The highest BCUT2D eigenvalue weighted by Crippen LogP contribution is 1.99. The fourth-order valence-corrected chi connectivity index (χ4v) is 1.31. The quantitative estimate of drug-likeness (QED) is 0.682. The molecule has 0 bridgehead atoms. The summed E-state index contributed by atoms with van der Waals surface area (Å²) >= 11 is 0. The molecule has 0 aromatic carbocycles. The minimum absolute atomic E-state index is 0.0269. The summed E-state index contributed by atoms with van der Waals surface area (Å²) in [6, 6.07) is 0. The van der Waals surface area contributed by atoms with Crippen LogP contribution in [0, 0.1) is 5.92 Å². The zero-order valence-corrected chi connectivity index (χ0v) is 10.5. The number of likely N-dealkylation sites (N-methyl/N-ethyl adjacent to an activating group) is 1. The first-order valence-corrected chi connectivity index (χ1v) is 5.50. The molecule has 0 saturated carbocycles. The maximum Gasteiger partial charge on any atom is 0.226 e. The second-order valence-corrected chi connectivity index (χ2v) is 4.14. The van der Waals surface area contributed by atoms with E-state index >= 15 is 0 Å². The van der Waals surface area contributed by atoms with E-state index in [2.05, 4.69) is 5.32 Å². The molecule has 0 aromatic rings. The molecule has 0 aliphatic rings. The minimum atomic E-state index is 0.0269. The molecular formula is C11H24N2O2. The van der Waals surface area contributed by atoms with E-state index in [4.69, 9.17) is 4.74 Å². The van der Waals surface area contributed by atoms with Crippen LogP contribution in [0.4, 0.5) is 0 Å². The van der Waals surface area contributed by atoms with Gasteiger partial charge < -0.3 is 15.0 Å². The van der Waals surface area contributed by atoms with Crippen LogP contribution in [0.2, 0.25) is 0 Å². The van der Waals surface area contributed by atoms with Gasteiger partial charge in [0.1, 0.15) is 0 Å². The summed E-state index contributed by atoms with van der Waals surface area (Å²) in [4.78, 5) is 13.5. The Kier molecular flexibility index (Phi) is 7.34. The van der Waals surface area contributed by atoms with Gasteiger partial charge in [0.05, 0.1) is 12.7 Å². The zero-order valence-electron chi connectivity index (χ0n) is 10.5. The van der Waals surface area contributed by atoms with E-state index in [0.717, 1.165) is 0 Å². The molecule has 15 heavy (non-hydrogen) atoms. The molecule has 90 valence electrons. The van der Waals surface area contributed by atoms with E-state index < -0.39 is 0 Å². The van der Waals surface area contributed by atoms with E-state index in [1.165, 1.54) is 0 Å². The van der Waals surface area contributed by atoms with Crippen molar-refractivity contribution in [3.8, 4) is 0 Å². The standard InChI is InChI=1S/C11H24N2O2/c1-9(2)15-7-6-13(5)11(14)10(3)8-12-4/h9-10,12H,6-8H2,1-5H3. The predicted molar refractivity (Wildman–Crippen MR) is 61.8 cm³/mol. The second-order valence-electron chi connectivity index (χ2n) is 4.14. The largest absolute Gasteiger partial charge is 0.377 e. The highest BCUT2D eigenvalue weighted by Gasteiger charge is 2.16. The molecule has 0 spiro atoms. The summed E-state index contributed by atoms with van der Waals surface area (Å²) in [7, 11) is 3.67. The van der Waals surface area contributed by atoms with Gasteiger partial charge in [0, 0.05) is 26.1 Å². The van der Waals surface area contributed by atoms with Crippen molar-refractivity contribution >= 4 is 5.91 Å². The van der Waals surface area contributed by atoms with E-state index in [-0.39, 0.29) is 17.9 Å². The third kappa shape index (κ3) is 6.47. The first-order valence-electron chi connectivity index (χ1n) is 5.50. The third-order valence-electron chi connectivity index (χ3n) is 2.19. The molecular weight excluding hydrogens is 192 g/mol. The Labute approximate surface area is 93.0 Å². The Balaban J connectivity index is 3.78. The summed E-state index contributed by atoms with van der Waals surface area (Å²) < 4.78 is 5.39. The van der Waals surface area contributed by atoms with E-state index in [0.29, 0.717) is 19.7 Å². The number of hydrogen-bond acceptors (Lipinski definition) is 3. The van der Waals surface area contributed by atoms with Crippen molar-refractivity contribution in [2.45, 2.75) is 26.9 Å². The zero-order chi connectivity index (χ0) is 11.8. The van der Waals surface area contributed by atoms with Gasteiger partial charge in [-0.1, -0.05) is 6.92 Å². The van der Waals surface area contributed by atoms with Gasteiger partial charge in [0.15, 0.2) is 0 Å². The summed E-state index contributed by atoms with van der Waals surface area (Å²) in [5, 5.41) is 3.00. The molecule has 4 nitrogen and oxygen atoms in total. The highest BCUT2D eigenvalue weighted by molar-refractivity contribution is 5.78. The lowest BCUT2D eigenvalue weighted by Gasteiger charge is -2.21. The summed E-state index contributed by atoms with van der Waals surface area (Å²) in [6.45, 7) is 7.89. The van der Waals surface area contributed by atoms with Gasteiger partial charge in [-0.3, -0.25) is 4.79 Å². The van der Waals surface area contributed by atoms with Crippen LogP contribution in [-0.2, 0) is 9.53 Å². The first kappa shape index (κ1) is 14.4. The Morgan fingerprint density at radius 1 is 1.40 bits per heavy atom. The fourth-order valence-electron chi connectivity index (χ4n) is 1.31. The van der Waals surface area contributed by atoms with E-state index in [9.17, 15) is 4.79 Å². The molecule has 0 rings (SSSR count). The number of rotatable bonds is 7. The first-order chi connectivity index (χ1) is 6.99. The number of ether oxygens (including phenoxy) is 1. The van der Waals surface area contributed by atoms with Crippen LogP contribution in [0.1, 0.15) is 20.8 Å². The molecule has 0 fully saturated rings. The molecule has 0 aliphatic heterocycles. The molecule has 4 heteroatoms. The van der Waals surface area contributed by atoms with Gasteiger partial charge in [0.25, 0.3) is 0 Å². The number of hydrogen-bond donors (Lipinski definition) is 1. The molecule has 0 saturated heterocycles. The topological polar surface area (TPSA) is 41.6 Å². The number of amides is 1. The highest BCUT2D eigenvalue weighted by atomic mass is 16.5. The molecule has 1 amide bonds. The van der Waals surface area contributed by atoms with Crippen LogP contribution in [0.3, 0.4) is 0 Å². The van der Waals surface area contributed by atoms with Gasteiger partial charge in [-0.05, 0) is 20.9 Å². The smallest absolute Gasteiger partial charge is 0.226 e. The maximum atomic E-state index is 11.7. The average Bonchev–Trinajstić information content (AvgIpc) is 2.16. The van der Waals surface area contributed by atoms with Crippen LogP contribution in [0.15, 0.2) is 0 Å². The van der Waals surface area contributed by atoms with Crippen LogP contribution in [0.5, 0.6) is 0 Å². The molecule has 1 atom stereocenters. The van der Waals surface area contributed by atoms with Gasteiger partial charge >= 0.3 is 0 Å². The molecule has 0 radical (unpaired) electrons. The maximum absolute atomic E-state index is 11.7. The van der Waals surface area contributed by atoms with Crippen molar-refractivity contribution in [3.05, 3.63) is 0 Å². The Morgan fingerprint density at radius 2 is 2.00 bits per heavy atom. The van der Waals surface area contributed by atoms with Crippen molar-refractivity contribution < 1.29 is 9.53 Å². The predicted octanol–water partition coefficient (Wildman–Crippen LogP) is 0.725. The van der Waals surface area contributed by atoms with Crippen molar-refractivity contribution in [3.63, 3.8) is 0 Å². The van der Waals surface area contributed by atoms with Gasteiger partial charge in [-0.2, -0.15) is 0 Å². The number of nitrogens with zero attached hydrogens (tertiary/aromatic N) is 1. The fraction of sp³-hybridized carbons (Fsp3) is 0.909. The molecule has 1 N–H and O–H groups in total. The number of carbonyl (C=O) groups excluding carboxylic acids is 1. The van der Waals surface area contributed by atoms with Crippen LogP contribution >= 0.6 is 0 Å².